The Morgan fingerprint density at radius 3 is 1.67 bits per heavy atom. The number of phenolic OH excluding ortho intramolecular Hbond substituents is 1. The number of para-hydroxylation sites is 2. The molecule has 3 aromatic carbocycles. The highest BCUT2D eigenvalue weighted by Crippen LogP contribution is 2.23. The molecule has 19 amide bonds. The number of carbonyl (C=O) groups excluding carboxylic acids is 19. The molecule has 49 nitrogen and oxygen atoms in total. The SMILES string of the molecule is CC(=O)N[C@H]1CCC(=O)NCC[C@@H](C(=O)N[C@@H](Cc2ccc(O)cc2)C(=O)N[C@@H](Cc2c[nH]c3ccccc23)C(=O)N[C@@H](CCCNC(=N)N)C(=O)N[C@@H](CCC(=O)O)C(=O)N[C@@H](CC(N)=O)C(=O)NCC(=O)NCCOCC(=O)N[C@H](CCCCN)C(N)=O)NC(=O)[C@H](CCC(N)=O)NC(=O)[C@H](Cc2c[nH]c3ccccc23)NC(=O)[C@H]([C@@H](C)O)NC(=O)[C@H](CCC(N)=O)NC1=O. The topological polar surface area (TPSA) is 815 Å². The monoisotopic (exact) mass is 1850 g/mol. The third-order valence-electron chi connectivity index (χ3n) is 20.7. The van der Waals surface area contributed by atoms with Crippen molar-refractivity contribution < 1.29 is 116 Å². The maximum atomic E-state index is 15.6. The van der Waals surface area contributed by atoms with Gasteiger partial charge in [-0.3, -0.25) is 101 Å². The van der Waals surface area contributed by atoms with Gasteiger partial charge >= 0.3 is 5.97 Å². The van der Waals surface area contributed by atoms with Gasteiger partial charge in [0.2, 0.25) is 112 Å². The van der Waals surface area contributed by atoms with Crippen LogP contribution in [0.2, 0.25) is 0 Å². The number of hydrogen-bond donors (Lipinski definition) is 28. The number of hydrogen-bond acceptors (Lipinski definition) is 25. The van der Waals surface area contributed by atoms with Crippen molar-refractivity contribution in [2.75, 3.05) is 45.9 Å². The Balaban J connectivity index is 1.35. The van der Waals surface area contributed by atoms with Gasteiger partial charge in [-0.15, -0.1) is 0 Å². The number of carbonyl (C=O) groups is 20. The zero-order chi connectivity index (χ0) is 97.3. The Kier molecular flexibility index (Phi) is 43.1. The van der Waals surface area contributed by atoms with Crippen LogP contribution in [0, 0.1) is 5.41 Å². The number of aromatic amines is 2. The van der Waals surface area contributed by atoms with Crippen LogP contribution in [0.25, 0.3) is 21.8 Å². The number of rotatable bonds is 47. The van der Waals surface area contributed by atoms with Crippen LogP contribution < -0.4 is 119 Å². The second-order valence-corrected chi connectivity index (χ2v) is 31.2. The lowest BCUT2D eigenvalue weighted by Gasteiger charge is -2.29. The summed E-state index contributed by atoms with van der Waals surface area (Å²) in [5.41, 5.74) is 35.1. The van der Waals surface area contributed by atoms with Gasteiger partial charge in [0.1, 0.15) is 84.9 Å². The van der Waals surface area contributed by atoms with Crippen molar-refractivity contribution in [1.29, 1.82) is 5.41 Å². The van der Waals surface area contributed by atoms with E-state index in [1.54, 1.807) is 48.5 Å². The molecule has 718 valence electrons. The lowest BCUT2D eigenvalue weighted by Crippen LogP contribution is -2.62. The number of benzene rings is 3. The van der Waals surface area contributed by atoms with Gasteiger partial charge in [0.05, 0.1) is 25.7 Å². The summed E-state index contributed by atoms with van der Waals surface area (Å²) >= 11 is 0. The van der Waals surface area contributed by atoms with Crippen molar-refractivity contribution in [3.05, 3.63) is 102 Å². The number of aliphatic carboxylic acids is 1. The van der Waals surface area contributed by atoms with Gasteiger partial charge in [-0.05, 0) is 119 Å². The Labute approximate surface area is 755 Å². The van der Waals surface area contributed by atoms with E-state index in [9.17, 15) is 87.2 Å². The summed E-state index contributed by atoms with van der Waals surface area (Å²) < 4.78 is 5.27. The second-order valence-electron chi connectivity index (χ2n) is 31.2. The van der Waals surface area contributed by atoms with Gasteiger partial charge in [0, 0.05) is 106 Å². The quantitative estimate of drug-likeness (QED) is 0.00977. The maximum Gasteiger partial charge on any atom is 0.303 e. The summed E-state index contributed by atoms with van der Waals surface area (Å²) in [7, 11) is 0. The number of ether oxygens (including phenoxy) is 1. The normalized spacial score (nSPS) is 18.1. The van der Waals surface area contributed by atoms with E-state index in [0.717, 1.165) is 13.8 Å². The minimum absolute atomic E-state index is 0.116. The number of carboxylic acid groups (broad SMARTS) is 1. The van der Waals surface area contributed by atoms with Crippen LogP contribution in [0.1, 0.15) is 127 Å². The van der Waals surface area contributed by atoms with Crippen molar-refractivity contribution in [1.82, 2.24) is 95.0 Å². The molecule has 0 bridgehead atoms. The number of primary amides is 4. The number of aromatic nitrogens is 2. The number of phenols is 1. The first-order valence-corrected chi connectivity index (χ1v) is 42.4. The summed E-state index contributed by atoms with van der Waals surface area (Å²) in [6.07, 6.45) is -5.88. The Morgan fingerprint density at radius 2 is 1.08 bits per heavy atom. The number of carboxylic acids is 1. The van der Waals surface area contributed by atoms with Gasteiger partial charge in [0.15, 0.2) is 5.96 Å². The molecule has 2 aromatic heterocycles. The largest absolute Gasteiger partial charge is 0.508 e. The molecule has 1 fully saturated rings. The third kappa shape index (κ3) is 36.7. The molecule has 0 spiro atoms. The fraction of sp³-hybridized carbons (Fsp3) is 0.482. The highest BCUT2D eigenvalue weighted by molar-refractivity contribution is 6.02. The smallest absolute Gasteiger partial charge is 0.303 e. The molecule has 1 aliphatic rings. The summed E-state index contributed by atoms with van der Waals surface area (Å²) in [6.45, 7) is 0.00153. The molecular formula is C83H117N25O24. The van der Waals surface area contributed by atoms with Crippen molar-refractivity contribution in [3.8, 4) is 5.75 Å². The van der Waals surface area contributed by atoms with E-state index in [2.05, 4.69) is 95.0 Å². The number of H-pyrrole nitrogens is 2. The molecule has 132 heavy (non-hydrogen) atoms. The van der Waals surface area contributed by atoms with Crippen molar-refractivity contribution >= 4 is 146 Å². The predicted molar refractivity (Wildman–Crippen MR) is 469 cm³/mol. The van der Waals surface area contributed by atoms with E-state index >= 15 is 24.0 Å². The van der Waals surface area contributed by atoms with Gasteiger partial charge in [-0.25, -0.2) is 0 Å². The average molecular weight is 1850 g/mol. The summed E-state index contributed by atoms with van der Waals surface area (Å²) in [5.74, 6) is -22.5. The van der Waals surface area contributed by atoms with Crippen LogP contribution in [-0.2, 0) is 120 Å². The van der Waals surface area contributed by atoms with Crippen molar-refractivity contribution in [3.63, 3.8) is 0 Å². The molecule has 49 heteroatoms. The van der Waals surface area contributed by atoms with Crippen molar-refractivity contribution in [2.45, 2.75) is 208 Å². The number of guanidine groups is 1. The van der Waals surface area contributed by atoms with Crippen LogP contribution in [0.15, 0.2) is 85.2 Å². The molecular weight excluding hydrogens is 1730 g/mol. The first-order chi connectivity index (χ1) is 62.7. The number of unbranched alkanes of at least 4 members (excludes halogenated alkanes) is 1. The molecule has 3 heterocycles. The van der Waals surface area contributed by atoms with Crippen LogP contribution in [0.4, 0.5) is 0 Å². The van der Waals surface area contributed by atoms with Gasteiger partial charge in [-0.1, -0.05) is 48.5 Å². The number of amides is 19. The van der Waals surface area contributed by atoms with E-state index < -0.39 is 312 Å². The minimum Gasteiger partial charge on any atom is -0.508 e. The van der Waals surface area contributed by atoms with E-state index in [1.165, 1.54) is 36.7 Å². The molecule has 6 rings (SSSR count). The summed E-state index contributed by atoms with van der Waals surface area (Å²) in [5, 5.41) is 79.5. The number of aliphatic hydroxyl groups is 1. The Bertz CT molecular complexity index is 4950. The number of fused-ring (bicyclic) bond motifs is 2. The molecule has 1 aliphatic heterocycles. The number of nitrogens with one attached hydrogen (secondary N) is 19. The van der Waals surface area contributed by atoms with Crippen LogP contribution >= 0.6 is 0 Å². The molecule has 0 aliphatic carbocycles. The maximum absolute atomic E-state index is 15.6. The average Bonchev–Trinajstić information content (AvgIpc) is 1.65. The summed E-state index contributed by atoms with van der Waals surface area (Å²) in [6, 6.07) is -2.54. The lowest BCUT2D eigenvalue weighted by molar-refractivity contribution is -0.139. The number of aromatic hydroxyl groups is 1. The third-order valence-corrected chi connectivity index (χ3v) is 20.7. The van der Waals surface area contributed by atoms with Gasteiger partial charge in [-0.2, -0.15) is 0 Å². The summed E-state index contributed by atoms with van der Waals surface area (Å²) in [4.78, 5) is 282. The first-order valence-electron chi connectivity index (χ1n) is 42.4. The van der Waals surface area contributed by atoms with E-state index in [4.69, 9.17) is 44.5 Å². The molecule has 5 aromatic rings. The second kappa shape index (κ2) is 53.8. The highest BCUT2D eigenvalue weighted by Gasteiger charge is 2.40. The van der Waals surface area contributed by atoms with E-state index in [0.29, 0.717) is 52.3 Å². The van der Waals surface area contributed by atoms with Crippen LogP contribution in [0.3, 0.4) is 0 Å². The zero-order valence-electron chi connectivity index (χ0n) is 72.6. The number of nitrogens with two attached hydrogens (primary N) is 6. The van der Waals surface area contributed by atoms with Gasteiger partial charge < -0.3 is 149 Å². The zero-order valence-corrected chi connectivity index (χ0v) is 72.6. The fourth-order valence-electron chi connectivity index (χ4n) is 13.8. The Hall–Kier alpha value is -14.9. The molecule has 0 saturated carbocycles. The predicted octanol–water partition coefficient (Wildman–Crippen LogP) is -8.70. The minimum atomic E-state index is -1.97. The molecule has 0 radical (unpaired) electrons. The number of aliphatic hydroxyl groups excluding tert-OH is 1. The highest BCUT2D eigenvalue weighted by atomic mass is 16.5. The standard InChI is InChI=1S/C83H117N25O24/c1-42(109)70-82(131)107-61(36-46-39-95-51-13-6-4-11-49(46)51)81(130)102-55(20-24-63(85)112)75(124)103-58(28-31-91-66(115)26-22-54(97-43(2)110)74(123)100-56(78(127)108-70)21-25-64(86)113)77(126)104-59(34-44-16-18-47(111)19-17-44)79(128)105-60(35-45-38-94-50-12-5-3-10-48(45)50)80(129)99-53(15-9-30-93-83(89)90)73(122)101-57(23-27-69(118)119)76(125)106-62(37-65(87)114)72(121)96-40-67(116)92-32-33-132-41-68(117)98-52(71(88)120)14-7-8-29-84/h3-6,10-13,16-19,38-39,42,52-62,70,94-95,109,111H,7-9,14-15,20-37,40-41,84H2,1-2H3,(H2,85,112)(H2,86,113)(H2,87,114)(H2,88,120)(H,91,115)(H,92,116)(H,96,121)(H,97,110)(H,98,117)(H,99,129)(H,100,123)(H,101,122)(H,102,130)(H,103,124)(H,104,126)(H,105,128)(H,106,125)(H,107,131)(H,108,127)(H,118,119)(H4,89,90,93)/t42-,52-,53+,54+,55+,56+,57+,58+,59+,60+,61+,62+,70+/m1/s1. The molecule has 1 saturated heterocycles. The first kappa shape index (κ1) is 106. The van der Waals surface area contributed by atoms with Crippen LogP contribution in [0.5, 0.6) is 5.75 Å². The van der Waals surface area contributed by atoms with E-state index in [1.807, 2.05) is 0 Å². The van der Waals surface area contributed by atoms with E-state index in [-0.39, 0.29) is 43.9 Å². The fourth-order valence-corrected chi connectivity index (χ4v) is 13.8. The lowest BCUT2D eigenvalue weighted by atomic mass is 10.0. The van der Waals surface area contributed by atoms with Gasteiger partial charge in [0.25, 0.3) is 0 Å². The molecule has 13 atom stereocenters. The molecule has 34 N–H and O–H groups in total. The Morgan fingerprint density at radius 1 is 0.538 bits per heavy atom. The molecule has 0 unspecified atom stereocenters. The van der Waals surface area contributed by atoms with Crippen LogP contribution in [-0.4, -0.2) is 274 Å². The van der Waals surface area contributed by atoms with Crippen molar-refractivity contribution in [2.24, 2.45) is 34.4 Å².